The summed E-state index contributed by atoms with van der Waals surface area (Å²) < 4.78 is 7.86. The van der Waals surface area contributed by atoms with Gasteiger partial charge in [-0.2, -0.15) is 10.1 Å². The predicted molar refractivity (Wildman–Crippen MR) is 82.8 cm³/mol. The number of aromatic nitrogens is 3. The summed E-state index contributed by atoms with van der Waals surface area (Å²) in [4.78, 5) is 4.64. The molecule has 0 spiro atoms. The van der Waals surface area contributed by atoms with Gasteiger partial charge in [0.1, 0.15) is 6.10 Å². The van der Waals surface area contributed by atoms with Gasteiger partial charge >= 0.3 is 0 Å². The number of hydrogen-bond acceptors (Lipinski definition) is 4. The van der Waals surface area contributed by atoms with Gasteiger partial charge in [0.2, 0.25) is 5.88 Å². The first-order valence-electron chi connectivity index (χ1n) is 7.70. The van der Waals surface area contributed by atoms with Crippen molar-refractivity contribution in [1.29, 1.82) is 0 Å². The number of fused-ring (bicyclic) bond motifs is 1. The molecule has 1 aliphatic heterocycles. The minimum atomic E-state index is 0.193. The van der Waals surface area contributed by atoms with Gasteiger partial charge in [0.05, 0.1) is 6.20 Å². The number of piperidine rings is 1. The summed E-state index contributed by atoms with van der Waals surface area (Å²) in [6.07, 6.45) is 6.18. The van der Waals surface area contributed by atoms with E-state index in [1.54, 1.807) is 0 Å². The second-order valence-electron chi connectivity index (χ2n) is 6.83. The van der Waals surface area contributed by atoms with E-state index in [9.17, 15) is 0 Å². The topological polar surface area (TPSA) is 51.5 Å². The van der Waals surface area contributed by atoms with Gasteiger partial charge in [-0.1, -0.05) is 13.8 Å². The zero-order chi connectivity index (χ0) is 15.0. The van der Waals surface area contributed by atoms with E-state index >= 15 is 0 Å². The van der Waals surface area contributed by atoms with Crippen LogP contribution in [0.3, 0.4) is 0 Å². The van der Waals surface area contributed by atoms with Gasteiger partial charge in [0.25, 0.3) is 0 Å². The molecule has 1 atom stereocenters. The molecular formula is C16H24N4O. The van der Waals surface area contributed by atoms with E-state index in [0.717, 1.165) is 30.6 Å². The highest BCUT2D eigenvalue weighted by atomic mass is 16.5. The third-order valence-electron chi connectivity index (χ3n) is 4.18. The quantitative estimate of drug-likeness (QED) is 0.943. The Morgan fingerprint density at radius 3 is 2.90 bits per heavy atom. The van der Waals surface area contributed by atoms with Crippen molar-refractivity contribution >= 4 is 5.65 Å². The van der Waals surface area contributed by atoms with E-state index in [-0.39, 0.29) is 11.6 Å². The molecule has 0 amide bonds. The first-order valence-corrected chi connectivity index (χ1v) is 7.70. The lowest BCUT2D eigenvalue weighted by Crippen LogP contribution is -2.50. The second-order valence-corrected chi connectivity index (χ2v) is 6.83. The lowest BCUT2D eigenvalue weighted by atomic mass is 9.92. The highest BCUT2D eigenvalue weighted by Crippen LogP contribution is 2.23. The van der Waals surface area contributed by atoms with Crippen LogP contribution in [0.5, 0.6) is 5.88 Å². The van der Waals surface area contributed by atoms with E-state index in [2.05, 4.69) is 43.1 Å². The SMILES string of the molecule is CC(C)c1cnn2ccc(OC3CCC(C)(C)NC3)nc12. The maximum Gasteiger partial charge on any atom is 0.217 e. The first kappa shape index (κ1) is 14.3. The molecule has 5 nitrogen and oxygen atoms in total. The molecule has 0 aromatic carbocycles. The van der Waals surface area contributed by atoms with Gasteiger partial charge in [-0.25, -0.2) is 4.52 Å². The summed E-state index contributed by atoms with van der Waals surface area (Å²) in [6.45, 7) is 9.64. The fourth-order valence-corrected chi connectivity index (χ4v) is 2.72. The van der Waals surface area contributed by atoms with Crippen molar-refractivity contribution < 1.29 is 4.74 Å². The van der Waals surface area contributed by atoms with Crippen LogP contribution < -0.4 is 10.1 Å². The minimum Gasteiger partial charge on any atom is -0.473 e. The Kier molecular flexibility index (Phi) is 3.61. The van der Waals surface area contributed by atoms with Gasteiger partial charge in [0, 0.05) is 29.9 Å². The smallest absolute Gasteiger partial charge is 0.217 e. The first-order chi connectivity index (χ1) is 9.94. The Labute approximate surface area is 125 Å². The molecule has 0 radical (unpaired) electrons. The number of rotatable bonds is 3. The van der Waals surface area contributed by atoms with Crippen molar-refractivity contribution in [3.8, 4) is 5.88 Å². The predicted octanol–water partition coefficient (Wildman–Crippen LogP) is 2.76. The van der Waals surface area contributed by atoms with Crippen molar-refractivity contribution in [2.75, 3.05) is 6.54 Å². The Balaban J connectivity index is 1.77. The fourth-order valence-electron chi connectivity index (χ4n) is 2.72. The van der Waals surface area contributed by atoms with Crippen LogP contribution in [0.15, 0.2) is 18.5 Å². The monoisotopic (exact) mass is 288 g/mol. The molecule has 1 saturated heterocycles. The average molecular weight is 288 g/mol. The lowest BCUT2D eigenvalue weighted by molar-refractivity contribution is 0.121. The van der Waals surface area contributed by atoms with Crippen LogP contribution in [0.2, 0.25) is 0 Å². The number of nitrogens with zero attached hydrogens (tertiary/aromatic N) is 3. The highest BCUT2D eigenvalue weighted by molar-refractivity contribution is 5.49. The molecule has 5 heteroatoms. The van der Waals surface area contributed by atoms with E-state index < -0.39 is 0 Å². The summed E-state index contributed by atoms with van der Waals surface area (Å²) in [5.74, 6) is 1.10. The van der Waals surface area contributed by atoms with Crippen LogP contribution in [0, 0.1) is 0 Å². The highest BCUT2D eigenvalue weighted by Gasteiger charge is 2.27. The molecule has 0 saturated carbocycles. The second kappa shape index (κ2) is 5.30. The van der Waals surface area contributed by atoms with Crippen molar-refractivity contribution in [3.05, 3.63) is 24.0 Å². The molecule has 1 unspecified atom stereocenters. The average Bonchev–Trinajstić information content (AvgIpc) is 2.84. The largest absolute Gasteiger partial charge is 0.473 e. The van der Waals surface area contributed by atoms with Gasteiger partial charge in [0.15, 0.2) is 5.65 Å². The number of nitrogens with one attached hydrogen (secondary N) is 1. The van der Waals surface area contributed by atoms with Crippen molar-refractivity contribution in [2.45, 2.75) is 58.1 Å². The van der Waals surface area contributed by atoms with Gasteiger partial charge in [-0.05, 0) is 32.6 Å². The van der Waals surface area contributed by atoms with Crippen LogP contribution in [0.1, 0.15) is 52.0 Å². The van der Waals surface area contributed by atoms with Crippen molar-refractivity contribution in [2.24, 2.45) is 0 Å². The van der Waals surface area contributed by atoms with Crippen molar-refractivity contribution in [1.82, 2.24) is 19.9 Å². The molecule has 114 valence electrons. The molecule has 2 aromatic heterocycles. The summed E-state index contributed by atoms with van der Waals surface area (Å²) in [5, 5.41) is 7.85. The van der Waals surface area contributed by atoms with Gasteiger partial charge in [-0.15, -0.1) is 0 Å². The molecule has 1 fully saturated rings. The van der Waals surface area contributed by atoms with Crippen LogP contribution in [0.25, 0.3) is 5.65 Å². The van der Waals surface area contributed by atoms with Gasteiger partial charge in [-0.3, -0.25) is 0 Å². The van der Waals surface area contributed by atoms with Gasteiger partial charge < -0.3 is 10.1 Å². The molecule has 21 heavy (non-hydrogen) atoms. The summed E-state index contributed by atoms with van der Waals surface area (Å²) in [6, 6.07) is 1.89. The summed E-state index contributed by atoms with van der Waals surface area (Å²) >= 11 is 0. The maximum absolute atomic E-state index is 6.05. The third kappa shape index (κ3) is 3.02. The normalized spacial score (nSPS) is 21.9. The number of ether oxygens (including phenoxy) is 1. The molecule has 0 aliphatic carbocycles. The summed E-state index contributed by atoms with van der Waals surface area (Å²) in [5.41, 5.74) is 2.27. The van der Waals surface area contributed by atoms with Crippen molar-refractivity contribution in [3.63, 3.8) is 0 Å². The van der Waals surface area contributed by atoms with E-state index in [1.807, 2.05) is 23.0 Å². The Bertz CT molecular complexity index is 622. The zero-order valence-corrected chi connectivity index (χ0v) is 13.3. The molecule has 1 aliphatic rings. The van der Waals surface area contributed by atoms with Crippen LogP contribution in [0.4, 0.5) is 0 Å². The van der Waals surface area contributed by atoms with E-state index in [0.29, 0.717) is 11.8 Å². The number of hydrogen-bond donors (Lipinski definition) is 1. The Hall–Kier alpha value is -1.62. The molecule has 0 bridgehead atoms. The Morgan fingerprint density at radius 1 is 1.43 bits per heavy atom. The van der Waals surface area contributed by atoms with E-state index in [4.69, 9.17) is 4.74 Å². The maximum atomic E-state index is 6.05. The standard InChI is InChI=1S/C16H24N4O/c1-11(2)13-10-18-20-8-6-14(19-15(13)20)21-12-5-7-16(3,4)17-9-12/h6,8,10-12,17H,5,7,9H2,1-4H3. The summed E-state index contributed by atoms with van der Waals surface area (Å²) in [7, 11) is 0. The molecule has 3 rings (SSSR count). The fraction of sp³-hybridized carbons (Fsp3) is 0.625. The molecule has 1 N–H and O–H groups in total. The lowest BCUT2D eigenvalue weighted by Gasteiger charge is -2.35. The third-order valence-corrected chi connectivity index (χ3v) is 4.18. The molecule has 3 heterocycles. The zero-order valence-electron chi connectivity index (χ0n) is 13.3. The minimum absolute atomic E-state index is 0.193. The van der Waals surface area contributed by atoms with Crippen LogP contribution >= 0.6 is 0 Å². The van der Waals surface area contributed by atoms with Crippen LogP contribution in [-0.4, -0.2) is 32.8 Å². The Morgan fingerprint density at radius 2 is 2.24 bits per heavy atom. The molecule has 2 aromatic rings. The molecular weight excluding hydrogens is 264 g/mol. The van der Waals surface area contributed by atoms with Crippen LogP contribution in [-0.2, 0) is 0 Å². The van der Waals surface area contributed by atoms with E-state index in [1.165, 1.54) is 0 Å².